The van der Waals surface area contributed by atoms with Gasteiger partial charge in [-0.3, -0.25) is 9.69 Å². The van der Waals surface area contributed by atoms with E-state index in [-0.39, 0.29) is 29.1 Å². The molecular formula is C46H61ClN2O6. The van der Waals surface area contributed by atoms with Crippen molar-refractivity contribution in [3.05, 3.63) is 100 Å². The Morgan fingerprint density at radius 2 is 1.62 bits per heavy atom. The molecular weight excluding hydrogens is 712 g/mol. The number of carbonyl (C=O) groups is 2. The van der Waals surface area contributed by atoms with E-state index >= 15 is 0 Å². The van der Waals surface area contributed by atoms with Crippen LogP contribution in [-0.4, -0.2) is 77.8 Å². The predicted molar refractivity (Wildman–Crippen MR) is 221 cm³/mol. The lowest BCUT2D eigenvalue weighted by molar-refractivity contribution is -0.131. The number of piperidine rings is 2. The van der Waals surface area contributed by atoms with Gasteiger partial charge < -0.3 is 24.6 Å². The van der Waals surface area contributed by atoms with Gasteiger partial charge >= 0.3 is 11.9 Å². The number of esters is 1. The summed E-state index contributed by atoms with van der Waals surface area (Å²) in [6, 6.07) is 20.2. The lowest BCUT2D eigenvalue weighted by Crippen LogP contribution is -2.59. The Bertz CT molecular complexity index is 1870. The summed E-state index contributed by atoms with van der Waals surface area (Å²) in [5.41, 5.74) is 8.07. The normalized spacial score (nSPS) is 27.4. The van der Waals surface area contributed by atoms with Gasteiger partial charge in [0.1, 0.15) is 22.8 Å². The van der Waals surface area contributed by atoms with Crippen LogP contribution in [0.1, 0.15) is 106 Å². The third-order valence-corrected chi connectivity index (χ3v) is 13.5. The molecule has 2 saturated heterocycles. The van der Waals surface area contributed by atoms with Crippen LogP contribution in [0.2, 0.25) is 0 Å². The van der Waals surface area contributed by atoms with Crippen LogP contribution in [-0.2, 0) is 28.5 Å². The predicted octanol–water partition coefficient (Wildman–Crippen LogP) is 9.00. The number of phenols is 1. The number of allylic oxidation sites excluding steroid dienone is 1. The minimum atomic E-state index is -1.11. The summed E-state index contributed by atoms with van der Waals surface area (Å²) in [5, 5.41) is 18.6. The first-order valence-electron chi connectivity index (χ1n) is 19.9. The van der Waals surface area contributed by atoms with Crippen LogP contribution < -0.4 is 9.47 Å². The minimum Gasteiger partial charge on any atom is -0.508 e. The van der Waals surface area contributed by atoms with Gasteiger partial charge in [0, 0.05) is 31.0 Å². The molecule has 5 aliphatic rings. The molecule has 2 aliphatic heterocycles. The number of carboxylic acids is 1. The summed E-state index contributed by atoms with van der Waals surface area (Å²) in [6.07, 6.45) is 12.9. The number of halogens is 1. The topological polar surface area (TPSA) is 99.5 Å². The maximum atomic E-state index is 10.6. The number of aromatic hydroxyl groups is 1. The number of methoxy groups -OCH3 is 1. The molecule has 0 aromatic heterocycles. The van der Waals surface area contributed by atoms with Crippen LogP contribution >= 0.6 is 12.4 Å². The molecule has 3 aliphatic carbocycles. The fourth-order valence-electron chi connectivity index (χ4n) is 10.4. The molecule has 298 valence electrons. The largest absolute Gasteiger partial charge is 0.508 e. The fourth-order valence-corrected chi connectivity index (χ4v) is 10.4. The molecule has 3 fully saturated rings. The lowest BCUT2D eigenvalue weighted by atomic mass is 9.52. The van der Waals surface area contributed by atoms with Crippen molar-refractivity contribution in [3.8, 4) is 17.2 Å². The second-order valence-electron chi connectivity index (χ2n) is 16.8. The minimum absolute atomic E-state index is 0. The Kier molecular flexibility index (Phi) is 13.5. The second-order valence-corrected chi connectivity index (χ2v) is 16.8. The van der Waals surface area contributed by atoms with Gasteiger partial charge in [-0.05, 0) is 148 Å². The van der Waals surface area contributed by atoms with E-state index in [1.165, 1.54) is 87.2 Å². The van der Waals surface area contributed by atoms with E-state index < -0.39 is 11.9 Å². The number of likely N-dealkylation sites (tertiary alicyclic amines) is 2. The van der Waals surface area contributed by atoms with Crippen molar-refractivity contribution in [2.24, 2.45) is 11.8 Å². The van der Waals surface area contributed by atoms with E-state index in [0.717, 1.165) is 37.2 Å². The summed E-state index contributed by atoms with van der Waals surface area (Å²) in [4.78, 5) is 26.5. The summed E-state index contributed by atoms with van der Waals surface area (Å²) in [7, 11) is 4.12. The summed E-state index contributed by atoms with van der Waals surface area (Å²) >= 11 is 0. The van der Waals surface area contributed by atoms with Gasteiger partial charge in [0.15, 0.2) is 0 Å². The van der Waals surface area contributed by atoms with Gasteiger partial charge in [-0.2, -0.15) is 0 Å². The number of likely N-dealkylation sites (N-methyl/N-ethyl adjacent to an activating group) is 1. The first-order valence-corrected chi connectivity index (χ1v) is 19.9. The Morgan fingerprint density at radius 3 is 2.33 bits per heavy atom. The van der Waals surface area contributed by atoms with Gasteiger partial charge in [0.2, 0.25) is 0 Å². The number of hydrogen-bond donors (Lipinski definition) is 2. The lowest BCUT2D eigenvalue weighted by Gasteiger charge is -2.58. The number of fused-ring (bicyclic) bond motifs is 5. The zero-order valence-electron chi connectivity index (χ0n) is 33.8. The fraction of sp³-hybridized carbons (Fsp3) is 0.522. The maximum Gasteiger partial charge on any atom is 0.339 e. The van der Waals surface area contributed by atoms with E-state index in [1.807, 2.05) is 12.1 Å². The number of ether oxygens (including phenoxy) is 2. The number of carbonyl (C=O) groups excluding carboxylic acids is 1. The van der Waals surface area contributed by atoms with Crippen molar-refractivity contribution in [2.75, 3.05) is 33.8 Å². The third-order valence-electron chi connectivity index (χ3n) is 13.5. The number of nitrogens with zero attached hydrogens (tertiary/aromatic N) is 2. The van der Waals surface area contributed by atoms with Crippen molar-refractivity contribution < 1.29 is 29.3 Å². The first-order chi connectivity index (χ1) is 25.8. The van der Waals surface area contributed by atoms with Crippen LogP contribution in [0, 0.1) is 11.8 Å². The van der Waals surface area contributed by atoms with E-state index in [9.17, 15) is 14.7 Å². The molecule has 0 spiro atoms. The maximum absolute atomic E-state index is 10.6. The Hall–Kier alpha value is -3.85. The van der Waals surface area contributed by atoms with Gasteiger partial charge in [-0.1, -0.05) is 62.6 Å². The van der Waals surface area contributed by atoms with Crippen LogP contribution in [0.3, 0.4) is 0 Å². The second kappa shape index (κ2) is 17.5. The van der Waals surface area contributed by atoms with Crippen molar-refractivity contribution >= 4 is 24.3 Å². The number of phenolic OH excluding ortho intramolecular Hbond substituents is 1. The molecule has 0 radical (unpaired) electrons. The summed E-state index contributed by atoms with van der Waals surface area (Å²) in [5.74, 6) is 1.38. The average molecular weight is 773 g/mol. The molecule has 8 rings (SSSR count). The molecule has 1 saturated carbocycles. The Morgan fingerprint density at radius 1 is 0.909 bits per heavy atom. The van der Waals surface area contributed by atoms with Crippen LogP contribution in [0.4, 0.5) is 0 Å². The van der Waals surface area contributed by atoms with Gasteiger partial charge in [0.05, 0.1) is 7.11 Å². The van der Waals surface area contributed by atoms with Crippen molar-refractivity contribution in [2.45, 2.75) is 109 Å². The number of rotatable bonds is 5. The molecule has 0 unspecified atom stereocenters. The van der Waals surface area contributed by atoms with E-state index in [2.05, 4.69) is 79.6 Å². The van der Waals surface area contributed by atoms with Crippen LogP contribution in [0.25, 0.3) is 0 Å². The zero-order valence-corrected chi connectivity index (χ0v) is 34.6. The SMILES string of the molecule is CC(=O)Oc1ccccc1C(=O)O.CC(C)=CCN1CC[C@@]2(C)c3cc(O)ccc3C[C@@H]1[C@@H]2C.COc1ccc2c(c1)[C@]13CCCC[C@@H]1[C@H](C2)N(C)CC3.Cl. The highest BCUT2D eigenvalue weighted by molar-refractivity contribution is 5.91. The van der Waals surface area contributed by atoms with Crippen LogP contribution in [0.5, 0.6) is 17.2 Å². The molecule has 2 heterocycles. The molecule has 3 aromatic rings. The number of para-hydroxylation sites is 1. The zero-order chi connectivity index (χ0) is 38.8. The summed E-state index contributed by atoms with van der Waals surface area (Å²) < 4.78 is 10.2. The first kappa shape index (κ1) is 42.3. The molecule has 8 nitrogen and oxygen atoms in total. The molecule has 4 bridgehead atoms. The third kappa shape index (κ3) is 8.62. The average Bonchev–Trinajstić information content (AvgIpc) is 3.15. The molecule has 2 N–H and O–H groups in total. The van der Waals surface area contributed by atoms with Gasteiger partial charge in [-0.15, -0.1) is 12.4 Å². The van der Waals surface area contributed by atoms with Crippen molar-refractivity contribution in [1.29, 1.82) is 0 Å². The number of carboxylic acid groups (broad SMARTS) is 1. The smallest absolute Gasteiger partial charge is 0.339 e. The van der Waals surface area contributed by atoms with Crippen molar-refractivity contribution in [1.82, 2.24) is 9.80 Å². The van der Waals surface area contributed by atoms with Crippen LogP contribution in [0.15, 0.2) is 72.3 Å². The Labute approximate surface area is 334 Å². The van der Waals surface area contributed by atoms with E-state index in [4.69, 9.17) is 9.84 Å². The van der Waals surface area contributed by atoms with E-state index in [1.54, 1.807) is 30.4 Å². The quantitative estimate of drug-likeness (QED) is 0.151. The molecule has 55 heavy (non-hydrogen) atoms. The van der Waals surface area contributed by atoms with Gasteiger partial charge in [-0.25, -0.2) is 4.79 Å². The Balaban J connectivity index is 0.000000162. The highest BCUT2D eigenvalue weighted by Gasteiger charge is 2.53. The number of aromatic carboxylic acids is 1. The molecule has 0 amide bonds. The molecule has 6 atom stereocenters. The summed E-state index contributed by atoms with van der Waals surface area (Å²) in [6.45, 7) is 13.8. The van der Waals surface area contributed by atoms with E-state index in [0.29, 0.717) is 23.1 Å². The monoisotopic (exact) mass is 772 g/mol. The highest BCUT2D eigenvalue weighted by atomic mass is 35.5. The molecule has 3 aromatic carbocycles. The number of benzene rings is 3. The highest BCUT2D eigenvalue weighted by Crippen LogP contribution is 2.56. The molecule has 9 heteroatoms. The standard InChI is InChI=1S/C19H27NO.C18H25NO.C9H8O4.ClH/c1-13(2)7-9-20-10-8-19(4)14(3)18(20)11-15-5-6-16(21)12-17(15)19;1-19-10-9-18-8-4-3-5-15(18)17(19)11-13-6-7-14(20-2)12-16(13)18;1-6(10)13-8-5-3-2-4-7(8)9(11)12;/h5-7,12,14,18,21H,8-11H2,1-4H3;6-7,12,15,17H,3-5,8-11H2,1-2H3;2-5H,1H3,(H,11,12);1H/t14-,18+,19+;15-,17+,18+;;/m01../s1. The van der Waals surface area contributed by atoms with Crippen molar-refractivity contribution in [3.63, 3.8) is 0 Å². The van der Waals surface area contributed by atoms with Gasteiger partial charge in [0.25, 0.3) is 0 Å². The number of hydrogen-bond acceptors (Lipinski definition) is 7.